The number of anilines is 2. The van der Waals surface area contributed by atoms with Gasteiger partial charge in [-0.05, 0) is 31.9 Å². The van der Waals surface area contributed by atoms with Crippen LogP contribution in [0.25, 0.3) is 0 Å². The van der Waals surface area contributed by atoms with Gasteiger partial charge in [-0.2, -0.15) is 10.1 Å². The predicted octanol–water partition coefficient (Wildman–Crippen LogP) is 4.21. The SMILES string of the molecule is Cc1cccc(CNc2nncc(N(Cc3ccccc3)C(C)C)n2)c1. The highest BCUT2D eigenvalue weighted by Gasteiger charge is 2.14. The molecule has 0 radical (unpaired) electrons. The van der Waals surface area contributed by atoms with E-state index in [1.54, 1.807) is 6.20 Å². The molecular formula is C21H25N5. The summed E-state index contributed by atoms with van der Waals surface area (Å²) in [6.45, 7) is 7.86. The number of nitrogens with zero attached hydrogens (tertiary/aromatic N) is 4. The number of aryl methyl sites for hydroxylation is 1. The summed E-state index contributed by atoms with van der Waals surface area (Å²) in [5.41, 5.74) is 3.68. The van der Waals surface area contributed by atoms with Crippen LogP contribution in [-0.4, -0.2) is 21.2 Å². The summed E-state index contributed by atoms with van der Waals surface area (Å²) in [5.74, 6) is 1.37. The van der Waals surface area contributed by atoms with Gasteiger partial charge >= 0.3 is 0 Å². The molecule has 0 aliphatic carbocycles. The summed E-state index contributed by atoms with van der Waals surface area (Å²) in [6.07, 6.45) is 1.72. The highest BCUT2D eigenvalue weighted by Crippen LogP contribution is 2.18. The number of hydrogen-bond donors (Lipinski definition) is 1. The Balaban J connectivity index is 1.73. The Morgan fingerprint density at radius 1 is 1.00 bits per heavy atom. The summed E-state index contributed by atoms with van der Waals surface area (Å²) in [7, 11) is 0. The number of benzene rings is 2. The topological polar surface area (TPSA) is 53.9 Å². The molecule has 134 valence electrons. The van der Waals surface area contributed by atoms with Crippen molar-refractivity contribution in [2.75, 3.05) is 10.2 Å². The number of nitrogens with one attached hydrogen (secondary N) is 1. The molecule has 0 atom stereocenters. The monoisotopic (exact) mass is 347 g/mol. The number of aromatic nitrogens is 3. The van der Waals surface area contributed by atoms with E-state index in [2.05, 4.69) is 94.7 Å². The molecule has 1 N–H and O–H groups in total. The molecule has 1 heterocycles. The largest absolute Gasteiger partial charge is 0.349 e. The van der Waals surface area contributed by atoms with Crippen LogP contribution in [0.15, 0.2) is 60.8 Å². The molecule has 0 amide bonds. The molecule has 0 fully saturated rings. The smallest absolute Gasteiger partial charge is 0.244 e. The Bertz CT molecular complexity index is 833. The lowest BCUT2D eigenvalue weighted by atomic mass is 10.1. The van der Waals surface area contributed by atoms with Gasteiger partial charge in [-0.1, -0.05) is 60.2 Å². The molecular weight excluding hydrogens is 322 g/mol. The van der Waals surface area contributed by atoms with E-state index in [1.807, 2.05) is 6.07 Å². The van der Waals surface area contributed by atoms with Crippen molar-refractivity contribution in [3.05, 3.63) is 77.5 Å². The Hall–Kier alpha value is -2.95. The normalized spacial score (nSPS) is 10.8. The molecule has 1 aromatic heterocycles. The van der Waals surface area contributed by atoms with Crippen molar-refractivity contribution in [2.24, 2.45) is 0 Å². The first-order valence-electron chi connectivity index (χ1n) is 8.91. The van der Waals surface area contributed by atoms with E-state index in [0.29, 0.717) is 18.5 Å². The molecule has 3 rings (SSSR count). The van der Waals surface area contributed by atoms with E-state index in [4.69, 9.17) is 0 Å². The van der Waals surface area contributed by atoms with Crippen molar-refractivity contribution < 1.29 is 0 Å². The van der Waals surface area contributed by atoms with Crippen molar-refractivity contribution >= 4 is 11.8 Å². The quantitative estimate of drug-likeness (QED) is 0.694. The highest BCUT2D eigenvalue weighted by atomic mass is 15.3. The van der Waals surface area contributed by atoms with Crippen LogP contribution in [0.5, 0.6) is 0 Å². The minimum Gasteiger partial charge on any atom is -0.349 e. The van der Waals surface area contributed by atoms with Crippen LogP contribution >= 0.6 is 0 Å². The van der Waals surface area contributed by atoms with Crippen molar-refractivity contribution in [3.8, 4) is 0 Å². The molecule has 3 aromatic rings. The van der Waals surface area contributed by atoms with Gasteiger partial charge in [0.15, 0.2) is 5.82 Å². The zero-order valence-corrected chi connectivity index (χ0v) is 15.6. The van der Waals surface area contributed by atoms with Gasteiger partial charge in [0, 0.05) is 19.1 Å². The van der Waals surface area contributed by atoms with Crippen LogP contribution in [0.3, 0.4) is 0 Å². The van der Waals surface area contributed by atoms with Gasteiger partial charge in [0.2, 0.25) is 5.95 Å². The third kappa shape index (κ3) is 4.79. The van der Waals surface area contributed by atoms with Crippen LogP contribution in [0, 0.1) is 6.92 Å². The van der Waals surface area contributed by atoms with E-state index >= 15 is 0 Å². The first-order valence-corrected chi connectivity index (χ1v) is 8.91. The average Bonchev–Trinajstić information content (AvgIpc) is 2.65. The summed E-state index contributed by atoms with van der Waals surface area (Å²) in [5, 5.41) is 11.5. The standard InChI is InChI=1S/C21H25N5/c1-16(2)26(15-18-9-5-4-6-10-18)20-14-23-25-21(24-20)22-13-19-11-7-8-17(3)12-19/h4-12,14,16H,13,15H2,1-3H3,(H,22,24,25). The Morgan fingerprint density at radius 2 is 1.77 bits per heavy atom. The molecule has 0 unspecified atom stereocenters. The Morgan fingerprint density at radius 3 is 2.50 bits per heavy atom. The van der Waals surface area contributed by atoms with Crippen molar-refractivity contribution in [2.45, 2.75) is 39.9 Å². The van der Waals surface area contributed by atoms with Gasteiger partial charge in [0.25, 0.3) is 0 Å². The lowest BCUT2D eigenvalue weighted by Crippen LogP contribution is -2.31. The Kier molecular flexibility index (Phi) is 5.79. The molecule has 26 heavy (non-hydrogen) atoms. The van der Waals surface area contributed by atoms with Crippen LogP contribution in [0.4, 0.5) is 11.8 Å². The first kappa shape index (κ1) is 17.9. The van der Waals surface area contributed by atoms with Gasteiger partial charge in [0.05, 0.1) is 6.20 Å². The van der Waals surface area contributed by atoms with Gasteiger partial charge in [-0.15, -0.1) is 5.10 Å². The summed E-state index contributed by atoms with van der Waals surface area (Å²) in [4.78, 5) is 6.89. The number of rotatable bonds is 7. The maximum Gasteiger partial charge on any atom is 0.244 e. The molecule has 0 spiro atoms. The number of hydrogen-bond acceptors (Lipinski definition) is 5. The molecule has 0 bridgehead atoms. The summed E-state index contributed by atoms with van der Waals surface area (Å²) < 4.78 is 0. The lowest BCUT2D eigenvalue weighted by molar-refractivity contribution is 0.667. The third-order valence-electron chi connectivity index (χ3n) is 4.19. The van der Waals surface area contributed by atoms with Crippen LogP contribution in [0.2, 0.25) is 0 Å². The lowest BCUT2D eigenvalue weighted by Gasteiger charge is -2.27. The van der Waals surface area contributed by atoms with Gasteiger partial charge in [-0.3, -0.25) is 0 Å². The van der Waals surface area contributed by atoms with Crippen LogP contribution in [0.1, 0.15) is 30.5 Å². The molecule has 5 heteroatoms. The average molecular weight is 347 g/mol. The first-order chi connectivity index (χ1) is 12.6. The third-order valence-corrected chi connectivity index (χ3v) is 4.19. The zero-order valence-electron chi connectivity index (χ0n) is 15.6. The molecule has 0 saturated heterocycles. The van der Waals surface area contributed by atoms with Crippen molar-refractivity contribution in [1.29, 1.82) is 0 Å². The van der Waals surface area contributed by atoms with E-state index in [9.17, 15) is 0 Å². The van der Waals surface area contributed by atoms with Crippen molar-refractivity contribution in [3.63, 3.8) is 0 Å². The minimum absolute atomic E-state index is 0.302. The second-order valence-corrected chi connectivity index (χ2v) is 6.69. The van der Waals surface area contributed by atoms with Gasteiger partial charge in [-0.25, -0.2) is 0 Å². The molecule has 0 aliphatic heterocycles. The molecule has 0 saturated carbocycles. The molecule has 5 nitrogen and oxygen atoms in total. The maximum atomic E-state index is 4.67. The molecule has 0 aliphatic rings. The van der Waals surface area contributed by atoms with Gasteiger partial charge < -0.3 is 10.2 Å². The zero-order chi connectivity index (χ0) is 18.4. The highest BCUT2D eigenvalue weighted by molar-refractivity contribution is 5.42. The second-order valence-electron chi connectivity index (χ2n) is 6.69. The fraction of sp³-hybridized carbons (Fsp3) is 0.286. The summed E-state index contributed by atoms with van der Waals surface area (Å²) in [6, 6.07) is 19.1. The van der Waals surface area contributed by atoms with Crippen molar-refractivity contribution in [1.82, 2.24) is 15.2 Å². The van der Waals surface area contributed by atoms with E-state index < -0.39 is 0 Å². The van der Waals surface area contributed by atoms with E-state index in [1.165, 1.54) is 16.7 Å². The van der Waals surface area contributed by atoms with Gasteiger partial charge in [0.1, 0.15) is 0 Å². The summed E-state index contributed by atoms with van der Waals surface area (Å²) >= 11 is 0. The minimum atomic E-state index is 0.302. The van der Waals surface area contributed by atoms with Crippen LogP contribution in [-0.2, 0) is 13.1 Å². The van der Waals surface area contributed by atoms with Crippen LogP contribution < -0.4 is 10.2 Å². The van der Waals surface area contributed by atoms with E-state index in [-0.39, 0.29) is 0 Å². The fourth-order valence-electron chi connectivity index (χ4n) is 2.82. The second kappa shape index (κ2) is 8.43. The fourth-order valence-corrected chi connectivity index (χ4v) is 2.82. The predicted molar refractivity (Wildman–Crippen MR) is 106 cm³/mol. The molecule has 2 aromatic carbocycles. The maximum absolute atomic E-state index is 4.67. The Labute approximate surface area is 155 Å². The van der Waals surface area contributed by atoms with E-state index in [0.717, 1.165) is 12.4 Å².